The molecule has 0 aliphatic heterocycles. The summed E-state index contributed by atoms with van der Waals surface area (Å²) in [5.41, 5.74) is 2.08. The summed E-state index contributed by atoms with van der Waals surface area (Å²) in [6.45, 7) is 4.16. The summed E-state index contributed by atoms with van der Waals surface area (Å²) < 4.78 is 13.7. The Morgan fingerprint density at radius 2 is 2.03 bits per heavy atom. The van der Waals surface area contributed by atoms with E-state index in [0.29, 0.717) is 44.4 Å². The molecular weight excluding hydrogens is 556 g/mol. The monoisotopic (exact) mass is 578 g/mol. The Bertz CT molecular complexity index is 1590. The van der Waals surface area contributed by atoms with Crippen molar-refractivity contribution in [1.82, 2.24) is 9.66 Å². The highest BCUT2D eigenvalue weighted by Crippen LogP contribution is 2.35. The molecule has 0 fully saturated rings. The summed E-state index contributed by atoms with van der Waals surface area (Å²) in [4.78, 5) is 18.2. The number of hydrogen-bond acceptors (Lipinski definition) is 6. The standard InChI is InChI=1S/C28H24BrClN4O3/c1-4-17(2)27-33-24-10-9-21(29)12-23(24)28(35)34(27)32-15-20-11-22(30)13-25(36-3)26(20)37-16-19-8-6-5-7-18(19)14-31/h5-13,15,17H,4,16H2,1-3H3/t17-/m0/s1. The largest absolute Gasteiger partial charge is 0.493 e. The quantitative estimate of drug-likeness (QED) is 0.218. The lowest BCUT2D eigenvalue weighted by molar-refractivity contribution is 0.284. The van der Waals surface area contributed by atoms with Crippen LogP contribution in [-0.4, -0.2) is 23.0 Å². The first-order chi connectivity index (χ1) is 17.9. The average Bonchev–Trinajstić information content (AvgIpc) is 2.91. The molecule has 0 unspecified atom stereocenters. The number of nitrogens with zero attached hydrogens (tertiary/aromatic N) is 4. The molecule has 9 heteroatoms. The molecule has 1 atom stereocenters. The van der Waals surface area contributed by atoms with E-state index in [1.165, 1.54) is 18.0 Å². The maximum absolute atomic E-state index is 13.5. The number of fused-ring (bicyclic) bond motifs is 1. The Kier molecular flexibility index (Phi) is 8.27. The van der Waals surface area contributed by atoms with Crippen LogP contribution in [-0.2, 0) is 6.61 Å². The Labute approximate surface area is 228 Å². The zero-order chi connectivity index (χ0) is 26.5. The molecule has 1 aromatic heterocycles. The van der Waals surface area contributed by atoms with Gasteiger partial charge in [-0.2, -0.15) is 15.0 Å². The van der Waals surface area contributed by atoms with Crippen LogP contribution in [0.15, 0.2) is 69.0 Å². The molecule has 0 aliphatic rings. The van der Waals surface area contributed by atoms with E-state index in [2.05, 4.69) is 27.1 Å². The molecule has 0 bridgehead atoms. The van der Waals surface area contributed by atoms with Gasteiger partial charge in [0, 0.05) is 32.6 Å². The van der Waals surface area contributed by atoms with E-state index >= 15 is 0 Å². The third-order valence-corrected chi connectivity index (χ3v) is 6.69. The number of halogens is 2. The minimum absolute atomic E-state index is 0.00926. The van der Waals surface area contributed by atoms with Crippen molar-refractivity contribution in [3.63, 3.8) is 0 Å². The summed E-state index contributed by atoms with van der Waals surface area (Å²) in [7, 11) is 1.51. The molecule has 1 heterocycles. The molecule has 0 N–H and O–H groups in total. The highest BCUT2D eigenvalue weighted by molar-refractivity contribution is 9.10. The van der Waals surface area contributed by atoms with Gasteiger partial charge >= 0.3 is 0 Å². The highest BCUT2D eigenvalue weighted by atomic mass is 79.9. The number of methoxy groups -OCH3 is 1. The summed E-state index contributed by atoms with van der Waals surface area (Å²) in [5, 5.41) is 14.8. The van der Waals surface area contributed by atoms with E-state index in [1.807, 2.05) is 38.1 Å². The molecule has 0 saturated carbocycles. The third-order valence-electron chi connectivity index (χ3n) is 5.98. The van der Waals surface area contributed by atoms with Gasteiger partial charge in [-0.05, 0) is 36.8 Å². The minimum atomic E-state index is -0.280. The summed E-state index contributed by atoms with van der Waals surface area (Å²) in [6.07, 6.45) is 2.29. The average molecular weight is 580 g/mol. The van der Waals surface area contributed by atoms with Crippen LogP contribution < -0.4 is 15.0 Å². The molecule has 0 spiro atoms. The van der Waals surface area contributed by atoms with Gasteiger partial charge in [-0.25, -0.2) is 4.98 Å². The second-order valence-electron chi connectivity index (χ2n) is 8.39. The Hall–Kier alpha value is -3.67. The van der Waals surface area contributed by atoms with Crippen LogP contribution in [0, 0.1) is 11.3 Å². The zero-order valence-corrected chi connectivity index (χ0v) is 22.9. The van der Waals surface area contributed by atoms with Crippen molar-refractivity contribution >= 4 is 44.6 Å². The van der Waals surface area contributed by atoms with Crippen molar-refractivity contribution < 1.29 is 9.47 Å². The van der Waals surface area contributed by atoms with Crippen molar-refractivity contribution in [3.8, 4) is 17.6 Å². The van der Waals surface area contributed by atoms with Gasteiger partial charge in [0.15, 0.2) is 11.5 Å². The van der Waals surface area contributed by atoms with Gasteiger partial charge in [-0.1, -0.05) is 59.6 Å². The van der Waals surface area contributed by atoms with Crippen LogP contribution in [0.4, 0.5) is 0 Å². The zero-order valence-electron chi connectivity index (χ0n) is 20.5. The smallest absolute Gasteiger partial charge is 0.282 e. The Balaban J connectivity index is 1.82. The van der Waals surface area contributed by atoms with Crippen molar-refractivity contribution in [3.05, 3.63) is 97.0 Å². The predicted octanol–water partition coefficient (Wildman–Crippen LogP) is 6.67. The van der Waals surface area contributed by atoms with Crippen molar-refractivity contribution in [2.75, 3.05) is 7.11 Å². The molecular formula is C28H24BrClN4O3. The summed E-state index contributed by atoms with van der Waals surface area (Å²) in [5.74, 6) is 1.33. The fourth-order valence-corrected chi connectivity index (χ4v) is 4.37. The van der Waals surface area contributed by atoms with Crippen LogP contribution >= 0.6 is 27.5 Å². The fraction of sp³-hybridized carbons (Fsp3) is 0.214. The summed E-state index contributed by atoms with van der Waals surface area (Å²) >= 11 is 9.78. The van der Waals surface area contributed by atoms with Gasteiger partial charge in [0.2, 0.25) is 0 Å². The number of rotatable bonds is 8. The van der Waals surface area contributed by atoms with Gasteiger partial charge in [0.1, 0.15) is 12.4 Å². The van der Waals surface area contributed by atoms with Gasteiger partial charge in [-0.3, -0.25) is 4.79 Å². The lowest BCUT2D eigenvalue weighted by Gasteiger charge is -2.16. The lowest BCUT2D eigenvalue weighted by atomic mass is 10.1. The molecule has 7 nitrogen and oxygen atoms in total. The highest BCUT2D eigenvalue weighted by Gasteiger charge is 2.17. The van der Waals surface area contributed by atoms with Crippen LogP contribution in [0.3, 0.4) is 0 Å². The van der Waals surface area contributed by atoms with E-state index in [-0.39, 0.29) is 18.1 Å². The normalized spacial score (nSPS) is 12.0. The molecule has 37 heavy (non-hydrogen) atoms. The SMILES string of the molecule is CC[C@H](C)c1nc2ccc(Br)cc2c(=O)n1N=Cc1cc(Cl)cc(OC)c1OCc1ccccc1C#N. The van der Waals surface area contributed by atoms with Gasteiger partial charge in [0.05, 0.1) is 35.9 Å². The summed E-state index contributed by atoms with van der Waals surface area (Å²) in [6, 6.07) is 18.1. The fourth-order valence-electron chi connectivity index (χ4n) is 3.79. The second kappa shape index (κ2) is 11.6. The molecule has 4 aromatic rings. The van der Waals surface area contributed by atoms with E-state index in [1.54, 1.807) is 30.3 Å². The molecule has 0 radical (unpaired) electrons. The number of ether oxygens (including phenoxy) is 2. The number of aromatic nitrogens is 2. The van der Waals surface area contributed by atoms with Gasteiger partial charge < -0.3 is 9.47 Å². The first-order valence-corrected chi connectivity index (χ1v) is 12.8. The molecule has 3 aromatic carbocycles. The molecule has 0 amide bonds. The maximum Gasteiger partial charge on any atom is 0.282 e. The van der Waals surface area contributed by atoms with Crippen molar-refractivity contribution in [2.45, 2.75) is 32.8 Å². The molecule has 0 saturated heterocycles. The second-order valence-corrected chi connectivity index (χ2v) is 9.74. The third kappa shape index (κ3) is 5.68. The van der Waals surface area contributed by atoms with Crippen LogP contribution in [0.1, 0.15) is 48.7 Å². The van der Waals surface area contributed by atoms with E-state index in [0.717, 1.165) is 16.5 Å². The lowest BCUT2D eigenvalue weighted by Crippen LogP contribution is -2.23. The van der Waals surface area contributed by atoms with Crippen molar-refractivity contribution in [2.24, 2.45) is 5.10 Å². The van der Waals surface area contributed by atoms with Crippen LogP contribution in [0.2, 0.25) is 5.02 Å². The van der Waals surface area contributed by atoms with Gasteiger partial charge in [0.25, 0.3) is 5.56 Å². The Morgan fingerprint density at radius 1 is 1.24 bits per heavy atom. The molecule has 4 rings (SSSR count). The minimum Gasteiger partial charge on any atom is -0.493 e. The first-order valence-electron chi connectivity index (χ1n) is 11.6. The number of benzene rings is 3. The van der Waals surface area contributed by atoms with E-state index in [4.69, 9.17) is 26.1 Å². The first kappa shape index (κ1) is 26.4. The van der Waals surface area contributed by atoms with E-state index < -0.39 is 0 Å². The Morgan fingerprint density at radius 3 is 2.76 bits per heavy atom. The predicted molar refractivity (Wildman–Crippen MR) is 149 cm³/mol. The van der Waals surface area contributed by atoms with Crippen LogP contribution in [0.5, 0.6) is 11.5 Å². The number of nitriles is 1. The topological polar surface area (TPSA) is 89.5 Å². The molecule has 188 valence electrons. The van der Waals surface area contributed by atoms with Crippen molar-refractivity contribution in [1.29, 1.82) is 5.26 Å². The maximum atomic E-state index is 13.5. The molecule has 0 aliphatic carbocycles. The van der Waals surface area contributed by atoms with E-state index in [9.17, 15) is 10.1 Å². The number of hydrogen-bond donors (Lipinski definition) is 0. The van der Waals surface area contributed by atoms with Crippen LogP contribution in [0.25, 0.3) is 10.9 Å². The van der Waals surface area contributed by atoms with Gasteiger partial charge in [-0.15, -0.1) is 0 Å².